The summed E-state index contributed by atoms with van der Waals surface area (Å²) in [5.41, 5.74) is 9.16. The van der Waals surface area contributed by atoms with Crippen LogP contribution in [0, 0.1) is 0 Å². The first kappa shape index (κ1) is 14.4. The van der Waals surface area contributed by atoms with Crippen LogP contribution in [0.2, 0.25) is 0 Å². The number of nitrogens with zero attached hydrogens (tertiary/aromatic N) is 2. The molecule has 0 fully saturated rings. The van der Waals surface area contributed by atoms with E-state index in [4.69, 9.17) is 5.73 Å². The number of anilines is 1. The highest BCUT2D eigenvalue weighted by Crippen LogP contribution is 2.24. The lowest BCUT2D eigenvalue weighted by molar-refractivity contribution is 0.699. The number of nitrogen functional groups attached to an aromatic ring is 1. The molecule has 1 heterocycles. The average Bonchev–Trinajstić information content (AvgIpc) is 2.80. The van der Waals surface area contributed by atoms with E-state index in [0.29, 0.717) is 12.4 Å². The van der Waals surface area contributed by atoms with Crippen LogP contribution in [0.4, 0.5) is 5.82 Å². The van der Waals surface area contributed by atoms with Crippen molar-refractivity contribution in [2.24, 2.45) is 0 Å². The first-order valence-electron chi connectivity index (χ1n) is 6.45. The second-order valence-corrected chi connectivity index (χ2v) is 6.58. The van der Waals surface area contributed by atoms with Gasteiger partial charge in [-0.2, -0.15) is 5.10 Å². The van der Waals surface area contributed by atoms with Crippen LogP contribution in [0.1, 0.15) is 5.56 Å². The SMILES string of the molecule is Nc1cc(-c2cccc(Br)c2)nn1Cc1cccc(Br)c1. The Morgan fingerprint density at radius 1 is 0.952 bits per heavy atom. The Hall–Kier alpha value is -1.59. The van der Waals surface area contributed by atoms with Crippen molar-refractivity contribution in [3.8, 4) is 11.3 Å². The first-order chi connectivity index (χ1) is 10.1. The third kappa shape index (κ3) is 3.36. The van der Waals surface area contributed by atoms with Gasteiger partial charge in [-0.25, -0.2) is 4.68 Å². The van der Waals surface area contributed by atoms with E-state index in [-0.39, 0.29) is 0 Å². The number of hydrogen-bond donors (Lipinski definition) is 1. The van der Waals surface area contributed by atoms with Gasteiger partial charge >= 0.3 is 0 Å². The predicted molar refractivity (Wildman–Crippen MR) is 93.0 cm³/mol. The molecule has 1 aromatic heterocycles. The van der Waals surface area contributed by atoms with Gasteiger partial charge in [-0.3, -0.25) is 0 Å². The van der Waals surface area contributed by atoms with Gasteiger partial charge in [0.1, 0.15) is 5.82 Å². The van der Waals surface area contributed by atoms with E-state index in [9.17, 15) is 0 Å². The molecule has 2 N–H and O–H groups in total. The molecular weight excluding hydrogens is 394 g/mol. The number of halogens is 2. The van der Waals surface area contributed by atoms with Gasteiger partial charge < -0.3 is 5.73 Å². The Balaban J connectivity index is 1.91. The Morgan fingerprint density at radius 2 is 1.67 bits per heavy atom. The Morgan fingerprint density at radius 3 is 2.38 bits per heavy atom. The van der Waals surface area contributed by atoms with Gasteiger partial charge in [0.2, 0.25) is 0 Å². The van der Waals surface area contributed by atoms with Crippen molar-refractivity contribution in [2.75, 3.05) is 5.73 Å². The lowest BCUT2D eigenvalue weighted by Crippen LogP contribution is -2.05. The van der Waals surface area contributed by atoms with Crippen molar-refractivity contribution >= 4 is 37.7 Å². The summed E-state index contributed by atoms with van der Waals surface area (Å²) in [5.74, 6) is 0.657. The molecule has 3 nitrogen and oxygen atoms in total. The highest BCUT2D eigenvalue weighted by atomic mass is 79.9. The van der Waals surface area contributed by atoms with E-state index < -0.39 is 0 Å². The summed E-state index contributed by atoms with van der Waals surface area (Å²) in [7, 11) is 0. The second kappa shape index (κ2) is 6.03. The molecule has 21 heavy (non-hydrogen) atoms. The highest BCUT2D eigenvalue weighted by Gasteiger charge is 2.08. The zero-order chi connectivity index (χ0) is 14.8. The standard InChI is InChI=1S/C16H13Br2N3/c17-13-5-1-3-11(7-13)10-21-16(19)9-15(20-21)12-4-2-6-14(18)8-12/h1-9H,10,19H2. The van der Waals surface area contributed by atoms with Crippen molar-refractivity contribution in [3.05, 3.63) is 69.1 Å². The van der Waals surface area contributed by atoms with Crippen molar-refractivity contribution in [1.82, 2.24) is 9.78 Å². The van der Waals surface area contributed by atoms with E-state index in [0.717, 1.165) is 25.8 Å². The molecule has 0 saturated heterocycles. The maximum Gasteiger partial charge on any atom is 0.122 e. The van der Waals surface area contributed by atoms with Crippen molar-refractivity contribution in [2.45, 2.75) is 6.54 Å². The maximum absolute atomic E-state index is 6.08. The molecule has 0 bridgehead atoms. The smallest absolute Gasteiger partial charge is 0.122 e. The molecule has 0 aliphatic heterocycles. The molecule has 5 heteroatoms. The Bertz CT molecular complexity index is 781. The van der Waals surface area contributed by atoms with Crippen molar-refractivity contribution in [1.29, 1.82) is 0 Å². The summed E-state index contributed by atoms with van der Waals surface area (Å²) in [6, 6.07) is 18.1. The monoisotopic (exact) mass is 405 g/mol. The summed E-state index contributed by atoms with van der Waals surface area (Å²) < 4.78 is 3.90. The van der Waals surface area contributed by atoms with Crippen molar-refractivity contribution in [3.63, 3.8) is 0 Å². The van der Waals surface area contributed by atoms with Gasteiger partial charge in [-0.05, 0) is 29.8 Å². The Labute approximate surface area is 140 Å². The quantitative estimate of drug-likeness (QED) is 0.684. The maximum atomic E-state index is 6.08. The number of hydrogen-bond acceptors (Lipinski definition) is 2. The molecule has 2 aromatic carbocycles. The van der Waals surface area contributed by atoms with Crippen molar-refractivity contribution < 1.29 is 0 Å². The molecule has 0 aliphatic rings. The van der Waals surface area contributed by atoms with Crippen LogP contribution in [0.5, 0.6) is 0 Å². The molecule has 0 amide bonds. The van der Waals surface area contributed by atoms with Gasteiger partial charge in [-0.15, -0.1) is 0 Å². The topological polar surface area (TPSA) is 43.8 Å². The molecule has 106 valence electrons. The first-order valence-corrected chi connectivity index (χ1v) is 8.04. The lowest BCUT2D eigenvalue weighted by Gasteiger charge is -2.04. The van der Waals surface area contributed by atoms with E-state index in [2.05, 4.69) is 49.1 Å². The van der Waals surface area contributed by atoms with Crippen LogP contribution >= 0.6 is 31.9 Å². The van der Waals surface area contributed by atoms with Gasteiger partial charge in [0.05, 0.1) is 12.2 Å². The molecule has 0 atom stereocenters. The summed E-state index contributed by atoms with van der Waals surface area (Å²) in [6.45, 7) is 0.652. The van der Waals surface area contributed by atoms with Gasteiger partial charge in [0, 0.05) is 20.6 Å². The zero-order valence-corrected chi connectivity index (χ0v) is 14.3. The molecule has 0 spiro atoms. The third-order valence-electron chi connectivity index (χ3n) is 3.15. The molecule has 0 aliphatic carbocycles. The zero-order valence-electron chi connectivity index (χ0n) is 11.1. The summed E-state index contributed by atoms with van der Waals surface area (Å²) in [5, 5.41) is 4.60. The molecule has 3 rings (SSSR count). The molecule has 0 radical (unpaired) electrons. The van der Waals surface area contributed by atoms with Gasteiger partial charge in [0.15, 0.2) is 0 Å². The third-order valence-corrected chi connectivity index (χ3v) is 4.14. The lowest BCUT2D eigenvalue weighted by atomic mass is 10.2. The fourth-order valence-electron chi connectivity index (χ4n) is 2.16. The van der Waals surface area contributed by atoms with Crippen LogP contribution in [0.3, 0.4) is 0 Å². The Kier molecular flexibility index (Phi) is 4.12. The van der Waals surface area contributed by atoms with Gasteiger partial charge in [0.25, 0.3) is 0 Å². The van der Waals surface area contributed by atoms with E-state index in [1.807, 2.05) is 47.1 Å². The van der Waals surface area contributed by atoms with E-state index in [1.54, 1.807) is 0 Å². The molecule has 0 unspecified atom stereocenters. The van der Waals surface area contributed by atoms with E-state index >= 15 is 0 Å². The second-order valence-electron chi connectivity index (χ2n) is 4.75. The fraction of sp³-hybridized carbons (Fsp3) is 0.0625. The summed E-state index contributed by atoms with van der Waals surface area (Å²) >= 11 is 6.95. The fourth-order valence-corrected chi connectivity index (χ4v) is 3.00. The average molecular weight is 407 g/mol. The number of aromatic nitrogens is 2. The summed E-state index contributed by atoms with van der Waals surface area (Å²) in [6.07, 6.45) is 0. The highest BCUT2D eigenvalue weighted by molar-refractivity contribution is 9.10. The minimum absolute atomic E-state index is 0.652. The number of rotatable bonds is 3. The molecular formula is C16H13Br2N3. The van der Waals surface area contributed by atoms with Crippen LogP contribution in [0.25, 0.3) is 11.3 Å². The van der Waals surface area contributed by atoms with Gasteiger partial charge in [-0.1, -0.05) is 56.1 Å². The van der Waals surface area contributed by atoms with Crippen LogP contribution in [-0.4, -0.2) is 9.78 Å². The molecule has 3 aromatic rings. The minimum atomic E-state index is 0.652. The largest absolute Gasteiger partial charge is 0.384 e. The predicted octanol–water partition coefficient (Wildman–Crippen LogP) is 4.71. The minimum Gasteiger partial charge on any atom is -0.384 e. The normalized spacial score (nSPS) is 10.8. The van der Waals surface area contributed by atoms with Crippen LogP contribution < -0.4 is 5.73 Å². The number of nitrogens with two attached hydrogens (primary N) is 1. The molecule has 0 saturated carbocycles. The number of benzene rings is 2. The summed E-state index contributed by atoms with van der Waals surface area (Å²) in [4.78, 5) is 0. The van der Waals surface area contributed by atoms with E-state index in [1.165, 1.54) is 0 Å². The van der Waals surface area contributed by atoms with Crippen LogP contribution in [0.15, 0.2) is 63.5 Å². The van der Waals surface area contributed by atoms with Crippen LogP contribution in [-0.2, 0) is 6.54 Å².